The van der Waals surface area contributed by atoms with Crippen molar-refractivity contribution in [3.8, 4) is 0 Å². The van der Waals surface area contributed by atoms with E-state index in [0.29, 0.717) is 19.6 Å². The van der Waals surface area contributed by atoms with Crippen LogP contribution in [-0.4, -0.2) is 43.0 Å². The number of carbonyl (C=O) groups excluding carboxylic acids is 1. The fourth-order valence-corrected chi connectivity index (χ4v) is 2.43. The highest BCUT2D eigenvalue weighted by Crippen LogP contribution is 2.24. The number of ketones is 1. The summed E-state index contributed by atoms with van der Waals surface area (Å²) in [5.41, 5.74) is 6.98. The number of ether oxygens (including phenoxy) is 1. The summed E-state index contributed by atoms with van der Waals surface area (Å²) >= 11 is 0. The summed E-state index contributed by atoms with van der Waals surface area (Å²) in [6, 6.07) is 9.26. The maximum Gasteiger partial charge on any atom is 0.171 e. The zero-order valence-corrected chi connectivity index (χ0v) is 11.4. The lowest BCUT2D eigenvalue weighted by atomic mass is 9.95. The average molecular weight is 262 g/mol. The first-order valence-electron chi connectivity index (χ1n) is 6.90. The Kier molecular flexibility index (Phi) is 5.07. The molecule has 0 unspecified atom stereocenters. The summed E-state index contributed by atoms with van der Waals surface area (Å²) in [5.74, 6) is 0.107. The lowest BCUT2D eigenvalue weighted by Gasteiger charge is -2.34. The van der Waals surface area contributed by atoms with Crippen molar-refractivity contribution in [3.05, 3.63) is 35.9 Å². The third kappa shape index (κ3) is 3.41. The Bertz CT molecular complexity index is 402. The van der Waals surface area contributed by atoms with Crippen LogP contribution in [-0.2, 0) is 9.53 Å². The van der Waals surface area contributed by atoms with E-state index < -0.39 is 6.04 Å². The number of benzene rings is 1. The normalized spacial score (nSPS) is 19.9. The molecule has 0 saturated carbocycles. The molecule has 0 amide bonds. The van der Waals surface area contributed by atoms with Crippen LogP contribution in [0.2, 0.25) is 0 Å². The molecule has 19 heavy (non-hydrogen) atoms. The molecule has 0 aromatic heterocycles. The van der Waals surface area contributed by atoms with Gasteiger partial charge < -0.3 is 10.5 Å². The van der Waals surface area contributed by atoms with Crippen LogP contribution >= 0.6 is 0 Å². The minimum atomic E-state index is -0.395. The highest BCUT2D eigenvalue weighted by Gasteiger charge is 2.31. The maximum atomic E-state index is 12.6. The first-order valence-corrected chi connectivity index (χ1v) is 6.90. The molecule has 1 aromatic rings. The SMILES string of the molecule is CC[C@@H](N)C(=O)[C@H](c1ccccc1)N1CCOCC1. The minimum absolute atomic E-state index is 0.107. The van der Waals surface area contributed by atoms with Crippen LogP contribution in [0.3, 0.4) is 0 Å². The van der Waals surface area contributed by atoms with Crippen LogP contribution in [0.15, 0.2) is 30.3 Å². The van der Waals surface area contributed by atoms with Gasteiger partial charge in [0.05, 0.1) is 25.3 Å². The van der Waals surface area contributed by atoms with Crippen LogP contribution < -0.4 is 5.73 Å². The fourth-order valence-electron chi connectivity index (χ4n) is 2.43. The molecule has 1 aromatic carbocycles. The van der Waals surface area contributed by atoms with Gasteiger partial charge in [-0.05, 0) is 12.0 Å². The molecule has 4 nitrogen and oxygen atoms in total. The van der Waals surface area contributed by atoms with Gasteiger partial charge in [-0.15, -0.1) is 0 Å². The van der Waals surface area contributed by atoms with Crippen molar-refractivity contribution < 1.29 is 9.53 Å². The first kappa shape index (κ1) is 14.2. The molecule has 0 spiro atoms. The Hall–Kier alpha value is -1.23. The number of hydrogen-bond acceptors (Lipinski definition) is 4. The molecule has 1 saturated heterocycles. The molecule has 2 N–H and O–H groups in total. The Balaban J connectivity index is 2.24. The van der Waals surface area contributed by atoms with Gasteiger partial charge in [-0.25, -0.2) is 0 Å². The van der Waals surface area contributed by atoms with Crippen LogP contribution in [0.1, 0.15) is 24.9 Å². The van der Waals surface area contributed by atoms with Crippen molar-refractivity contribution >= 4 is 5.78 Å². The molecule has 1 fully saturated rings. The van der Waals surface area contributed by atoms with E-state index in [-0.39, 0.29) is 11.8 Å². The number of morpholine rings is 1. The summed E-state index contributed by atoms with van der Waals surface area (Å²) in [5, 5.41) is 0. The van der Waals surface area contributed by atoms with E-state index in [1.807, 2.05) is 37.3 Å². The van der Waals surface area contributed by atoms with Gasteiger partial charge in [-0.1, -0.05) is 37.3 Å². The topological polar surface area (TPSA) is 55.6 Å². The molecule has 2 atom stereocenters. The Morgan fingerprint density at radius 1 is 1.32 bits per heavy atom. The second-order valence-corrected chi connectivity index (χ2v) is 4.88. The van der Waals surface area contributed by atoms with E-state index in [4.69, 9.17) is 10.5 Å². The van der Waals surface area contributed by atoms with Gasteiger partial charge in [0, 0.05) is 13.1 Å². The Morgan fingerprint density at radius 2 is 1.95 bits per heavy atom. The second kappa shape index (κ2) is 6.80. The zero-order chi connectivity index (χ0) is 13.7. The third-order valence-electron chi connectivity index (χ3n) is 3.60. The van der Waals surface area contributed by atoms with E-state index in [1.165, 1.54) is 0 Å². The van der Waals surface area contributed by atoms with Gasteiger partial charge in [0.15, 0.2) is 5.78 Å². The van der Waals surface area contributed by atoms with Crippen molar-refractivity contribution in [3.63, 3.8) is 0 Å². The number of rotatable bonds is 5. The van der Waals surface area contributed by atoms with Crippen LogP contribution in [0.25, 0.3) is 0 Å². The molecule has 0 aliphatic carbocycles. The molecular weight excluding hydrogens is 240 g/mol. The van der Waals surface area contributed by atoms with Gasteiger partial charge in [0.1, 0.15) is 0 Å². The molecule has 1 aliphatic rings. The minimum Gasteiger partial charge on any atom is -0.379 e. The highest BCUT2D eigenvalue weighted by atomic mass is 16.5. The smallest absolute Gasteiger partial charge is 0.171 e. The van der Waals surface area contributed by atoms with E-state index in [2.05, 4.69) is 4.90 Å². The third-order valence-corrected chi connectivity index (χ3v) is 3.60. The molecule has 1 aliphatic heterocycles. The molecule has 104 valence electrons. The molecule has 4 heteroatoms. The maximum absolute atomic E-state index is 12.6. The number of nitrogens with two attached hydrogens (primary N) is 1. The fraction of sp³-hybridized carbons (Fsp3) is 0.533. The van der Waals surface area contributed by atoms with Crippen molar-refractivity contribution in [2.45, 2.75) is 25.4 Å². The summed E-state index contributed by atoms with van der Waals surface area (Å²) in [6.07, 6.45) is 0.673. The summed E-state index contributed by atoms with van der Waals surface area (Å²) in [6.45, 7) is 4.86. The predicted molar refractivity (Wildman–Crippen MR) is 74.8 cm³/mol. The van der Waals surface area contributed by atoms with Gasteiger partial charge in [0.25, 0.3) is 0 Å². The van der Waals surface area contributed by atoms with Crippen molar-refractivity contribution in [1.82, 2.24) is 4.90 Å². The van der Waals surface area contributed by atoms with E-state index >= 15 is 0 Å². The summed E-state index contributed by atoms with van der Waals surface area (Å²) in [4.78, 5) is 14.7. The van der Waals surface area contributed by atoms with Gasteiger partial charge in [-0.3, -0.25) is 9.69 Å². The quantitative estimate of drug-likeness (QED) is 0.870. The zero-order valence-electron chi connectivity index (χ0n) is 11.4. The standard InChI is InChI=1S/C15H22N2O2/c1-2-13(16)15(18)14(12-6-4-3-5-7-12)17-8-10-19-11-9-17/h3-7,13-14H,2,8-11,16H2,1H3/t13-,14+/m1/s1. The van der Waals surface area contributed by atoms with Crippen molar-refractivity contribution in [2.24, 2.45) is 5.73 Å². The molecule has 0 radical (unpaired) electrons. The Labute approximate surface area is 114 Å². The van der Waals surface area contributed by atoms with Crippen molar-refractivity contribution in [2.75, 3.05) is 26.3 Å². The molecule has 2 rings (SSSR count). The van der Waals surface area contributed by atoms with E-state index in [0.717, 1.165) is 18.7 Å². The van der Waals surface area contributed by atoms with Crippen molar-refractivity contribution in [1.29, 1.82) is 0 Å². The predicted octanol–water partition coefficient (Wildman–Crippen LogP) is 1.37. The largest absolute Gasteiger partial charge is 0.379 e. The average Bonchev–Trinajstić information content (AvgIpc) is 2.49. The molecular formula is C15H22N2O2. The van der Waals surface area contributed by atoms with Gasteiger partial charge >= 0.3 is 0 Å². The van der Waals surface area contributed by atoms with Crippen LogP contribution in [0.5, 0.6) is 0 Å². The first-order chi connectivity index (χ1) is 9.24. The molecule has 0 bridgehead atoms. The summed E-state index contributed by atoms with van der Waals surface area (Å²) in [7, 11) is 0. The number of hydrogen-bond donors (Lipinski definition) is 1. The van der Waals surface area contributed by atoms with E-state index in [9.17, 15) is 4.79 Å². The van der Waals surface area contributed by atoms with Crippen LogP contribution in [0, 0.1) is 0 Å². The Morgan fingerprint density at radius 3 is 2.53 bits per heavy atom. The van der Waals surface area contributed by atoms with Gasteiger partial charge in [0.2, 0.25) is 0 Å². The number of carbonyl (C=O) groups is 1. The second-order valence-electron chi connectivity index (χ2n) is 4.88. The monoisotopic (exact) mass is 262 g/mol. The van der Waals surface area contributed by atoms with Crippen LogP contribution in [0.4, 0.5) is 0 Å². The lowest BCUT2D eigenvalue weighted by Crippen LogP contribution is -2.46. The number of nitrogens with zero attached hydrogens (tertiary/aromatic N) is 1. The highest BCUT2D eigenvalue weighted by molar-refractivity contribution is 5.89. The number of Topliss-reactive ketones (excluding diaryl/α,β-unsaturated/α-hetero) is 1. The van der Waals surface area contributed by atoms with E-state index in [1.54, 1.807) is 0 Å². The summed E-state index contributed by atoms with van der Waals surface area (Å²) < 4.78 is 5.37. The lowest BCUT2D eigenvalue weighted by molar-refractivity contribution is -0.127. The van der Waals surface area contributed by atoms with Gasteiger partial charge in [-0.2, -0.15) is 0 Å². The molecule has 1 heterocycles.